The highest BCUT2D eigenvalue weighted by molar-refractivity contribution is 5.60. The molecule has 2 aromatic carbocycles. The van der Waals surface area contributed by atoms with Crippen LogP contribution in [0.15, 0.2) is 60.8 Å². The van der Waals surface area contributed by atoms with Crippen molar-refractivity contribution in [2.75, 3.05) is 35.3 Å². The summed E-state index contributed by atoms with van der Waals surface area (Å²) in [4.78, 5) is 9.14. The van der Waals surface area contributed by atoms with E-state index in [1.165, 1.54) is 24.1 Å². The van der Waals surface area contributed by atoms with Gasteiger partial charge >= 0.3 is 0 Å². The molecule has 2 heterocycles. The highest BCUT2D eigenvalue weighted by Gasteiger charge is 2.16. The molecule has 3 aromatic rings. The number of benzene rings is 2. The van der Waals surface area contributed by atoms with Gasteiger partial charge in [0, 0.05) is 38.1 Å². The van der Waals surface area contributed by atoms with E-state index in [4.69, 9.17) is 0 Å². The topological polar surface area (TPSA) is 57.2 Å². The predicted octanol–water partition coefficient (Wildman–Crippen LogP) is 4.49. The number of nitrogens with one attached hydrogen (secondary N) is 1. The van der Waals surface area contributed by atoms with Crippen molar-refractivity contribution < 1.29 is 0 Å². The maximum absolute atomic E-state index is 4.62. The van der Waals surface area contributed by atoms with Gasteiger partial charge in [0.2, 0.25) is 5.95 Å². The normalized spacial score (nSPS) is 14.6. The van der Waals surface area contributed by atoms with Gasteiger partial charge in [-0.25, -0.2) is 0 Å². The van der Waals surface area contributed by atoms with Gasteiger partial charge in [-0.1, -0.05) is 37.3 Å². The molecule has 4 rings (SSSR count). The molecule has 1 aliphatic heterocycles. The lowest BCUT2D eigenvalue weighted by Crippen LogP contribution is -2.32. The van der Waals surface area contributed by atoms with E-state index in [0.717, 1.165) is 37.1 Å². The van der Waals surface area contributed by atoms with Gasteiger partial charge in [0.15, 0.2) is 5.82 Å². The summed E-state index contributed by atoms with van der Waals surface area (Å²) in [6, 6.07) is 18.8. The summed E-state index contributed by atoms with van der Waals surface area (Å²) in [6.07, 6.45) is 4.22. The van der Waals surface area contributed by atoms with Gasteiger partial charge in [-0.05, 0) is 48.6 Å². The minimum absolute atomic E-state index is 0.502. The average molecular weight is 389 g/mol. The average Bonchev–Trinajstić information content (AvgIpc) is 2.76. The third kappa shape index (κ3) is 5.02. The number of hydrogen-bond acceptors (Lipinski definition) is 6. The van der Waals surface area contributed by atoms with Gasteiger partial charge in [-0.2, -0.15) is 10.1 Å². The molecule has 150 valence electrons. The standard InChI is InChI=1S/C23H28N6/c1-18-12-14-29(15-13-18)21-10-8-20(9-11-21)25-23-26-22(16-24-27-23)28(2)17-19-6-4-3-5-7-19/h3-11,16,18H,12-15,17H2,1-2H3,(H,25,26,27). The maximum atomic E-state index is 4.62. The Morgan fingerprint density at radius 2 is 1.76 bits per heavy atom. The van der Waals surface area contributed by atoms with Crippen molar-refractivity contribution in [3.05, 3.63) is 66.4 Å². The van der Waals surface area contributed by atoms with Crippen LogP contribution in [0.25, 0.3) is 0 Å². The molecule has 0 unspecified atom stereocenters. The Hall–Kier alpha value is -3.15. The van der Waals surface area contributed by atoms with Crippen LogP contribution in [0.3, 0.4) is 0 Å². The van der Waals surface area contributed by atoms with E-state index in [2.05, 4.69) is 73.6 Å². The highest BCUT2D eigenvalue weighted by Crippen LogP contribution is 2.25. The number of rotatable bonds is 6. The fraction of sp³-hybridized carbons (Fsp3) is 0.348. The maximum Gasteiger partial charge on any atom is 0.249 e. The molecule has 6 heteroatoms. The zero-order chi connectivity index (χ0) is 20.1. The second kappa shape index (κ2) is 8.90. The lowest BCUT2D eigenvalue weighted by molar-refractivity contribution is 0.438. The molecule has 0 bridgehead atoms. The van der Waals surface area contributed by atoms with Crippen molar-refractivity contribution in [2.24, 2.45) is 5.92 Å². The smallest absolute Gasteiger partial charge is 0.249 e. The van der Waals surface area contributed by atoms with Crippen LogP contribution in [0.2, 0.25) is 0 Å². The van der Waals surface area contributed by atoms with E-state index >= 15 is 0 Å². The quantitative estimate of drug-likeness (QED) is 0.671. The summed E-state index contributed by atoms with van der Waals surface area (Å²) in [7, 11) is 2.01. The first-order valence-corrected chi connectivity index (χ1v) is 10.2. The third-order valence-corrected chi connectivity index (χ3v) is 5.47. The summed E-state index contributed by atoms with van der Waals surface area (Å²) in [6.45, 7) is 5.37. The summed E-state index contributed by atoms with van der Waals surface area (Å²) >= 11 is 0. The first-order chi connectivity index (χ1) is 14.2. The Morgan fingerprint density at radius 1 is 1.03 bits per heavy atom. The molecule has 0 radical (unpaired) electrons. The molecular weight excluding hydrogens is 360 g/mol. The minimum Gasteiger partial charge on any atom is -0.372 e. The van der Waals surface area contributed by atoms with Gasteiger partial charge in [-0.15, -0.1) is 5.10 Å². The van der Waals surface area contributed by atoms with Gasteiger partial charge in [0.05, 0.1) is 6.20 Å². The van der Waals surface area contributed by atoms with Crippen molar-refractivity contribution in [1.29, 1.82) is 0 Å². The van der Waals surface area contributed by atoms with E-state index in [1.807, 2.05) is 25.2 Å². The summed E-state index contributed by atoms with van der Waals surface area (Å²) in [5.41, 5.74) is 3.47. The number of anilines is 4. The fourth-order valence-corrected chi connectivity index (χ4v) is 3.62. The van der Waals surface area contributed by atoms with E-state index in [-0.39, 0.29) is 0 Å². The van der Waals surface area contributed by atoms with Crippen LogP contribution >= 0.6 is 0 Å². The van der Waals surface area contributed by atoms with Crippen LogP contribution in [-0.2, 0) is 6.54 Å². The van der Waals surface area contributed by atoms with Crippen molar-refractivity contribution in [3.8, 4) is 0 Å². The molecule has 1 aliphatic rings. The number of aromatic nitrogens is 3. The molecule has 0 spiro atoms. The SMILES string of the molecule is CC1CCN(c2ccc(Nc3nncc(N(C)Cc4ccccc4)n3)cc2)CC1. The van der Waals surface area contributed by atoms with Gasteiger partial charge in [0.1, 0.15) is 0 Å². The largest absolute Gasteiger partial charge is 0.372 e. The summed E-state index contributed by atoms with van der Waals surface area (Å²) in [5, 5.41) is 11.5. The molecule has 0 atom stereocenters. The molecule has 1 fully saturated rings. The Bertz CT molecular complexity index is 904. The monoisotopic (exact) mass is 388 g/mol. The van der Waals surface area contributed by atoms with E-state index in [0.29, 0.717) is 5.95 Å². The summed E-state index contributed by atoms with van der Waals surface area (Å²) in [5.74, 6) is 2.12. The molecule has 0 saturated carbocycles. The first-order valence-electron chi connectivity index (χ1n) is 10.2. The van der Waals surface area contributed by atoms with Crippen molar-refractivity contribution in [3.63, 3.8) is 0 Å². The Labute approximate surface area is 172 Å². The molecule has 29 heavy (non-hydrogen) atoms. The van der Waals surface area contributed by atoms with Crippen LogP contribution in [0.1, 0.15) is 25.3 Å². The van der Waals surface area contributed by atoms with Crippen molar-refractivity contribution in [1.82, 2.24) is 15.2 Å². The summed E-state index contributed by atoms with van der Waals surface area (Å²) < 4.78 is 0. The van der Waals surface area contributed by atoms with Gasteiger partial charge < -0.3 is 15.1 Å². The minimum atomic E-state index is 0.502. The van der Waals surface area contributed by atoms with Crippen LogP contribution in [0.5, 0.6) is 0 Å². The molecule has 0 amide bonds. The zero-order valence-electron chi connectivity index (χ0n) is 17.1. The molecule has 1 N–H and O–H groups in total. The second-order valence-corrected chi connectivity index (χ2v) is 7.82. The lowest BCUT2D eigenvalue weighted by atomic mass is 9.99. The van der Waals surface area contributed by atoms with Crippen molar-refractivity contribution in [2.45, 2.75) is 26.3 Å². The molecule has 6 nitrogen and oxygen atoms in total. The lowest BCUT2D eigenvalue weighted by Gasteiger charge is -2.32. The Balaban J connectivity index is 1.40. The molecule has 0 aliphatic carbocycles. The Morgan fingerprint density at radius 3 is 2.48 bits per heavy atom. The van der Waals surface area contributed by atoms with E-state index < -0.39 is 0 Å². The first kappa shape index (κ1) is 19.2. The molecule has 1 aromatic heterocycles. The van der Waals surface area contributed by atoms with Crippen LogP contribution < -0.4 is 15.1 Å². The number of piperidine rings is 1. The van der Waals surface area contributed by atoms with Gasteiger partial charge in [0.25, 0.3) is 0 Å². The van der Waals surface area contributed by atoms with Crippen LogP contribution in [-0.4, -0.2) is 35.3 Å². The second-order valence-electron chi connectivity index (χ2n) is 7.82. The van der Waals surface area contributed by atoms with E-state index in [1.54, 1.807) is 6.20 Å². The highest BCUT2D eigenvalue weighted by atomic mass is 15.3. The zero-order valence-corrected chi connectivity index (χ0v) is 17.1. The number of hydrogen-bond donors (Lipinski definition) is 1. The molecule has 1 saturated heterocycles. The fourth-order valence-electron chi connectivity index (χ4n) is 3.62. The Kier molecular flexibility index (Phi) is 5.89. The van der Waals surface area contributed by atoms with Gasteiger partial charge in [-0.3, -0.25) is 0 Å². The molecular formula is C23H28N6. The predicted molar refractivity (Wildman–Crippen MR) is 119 cm³/mol. The van der Waals surface area contributed by atoms with E-state index in [9.17, 15) is 0 Å². The third-order valence-electron chi connectivity index (χ3n) is 5.47. The van der Waals surface area contributed by atoms with Crippen LogP contribution in [0.4, 0.5) is 23.1 Å². The van der Waals surface area contributed by atoms with Crippen LogP contribution in [0, 0.1) is 5.92 Å². The van der Waals surface area contributed by atoms with Crippen molar-refractivity contribution >= 4 is 23.1 Å². The number of nitrogens with zero attached hydrogens (tertiary/aromatic N) is 5.